The van der Waals surface area contributed by atoms with Crippen LogP contribution in [-0.2, 0) is 0 Å². The molecule has 0 atom stereocenters. The first-order valence-corrected chi connectivity index (χ1v) is 7.88. The van der Waals surface area contributed by atoms with E-state index in [9.17, 15) is 0 Å². The Morgan fingerprint density at radius 3 is 2.48 bits per heavy atom. The molecule has 0 saturated carbocycles. The average Bonchev–Trinajstić information content (AvgIpc) is 2.85. The van der Waals surface area contributed by atoms with Gasteiger partial charge in [0.25, 0.3) is 0 Å². The van der Waals surface area contributed by atoms with E-state index in [1.54, 1.807) is 6.07 Å². The molecule has 0 unspecified atom stereocenters. The maximum Gasteiger partial charge on any atom is 0.113 e. The summed E-state index contributed by atoms with van der Waals surface area (Å²) >= 11 is 8.15. The van der Waals surface area contributed by atoms with Crippen molar-refractivity contribution in [2.24, 2.45) is 0 Å². The van der Waals surface area contributed by atoms with Crippen LogP contribution < -0.4 is 5.46 Å². The molecule has 4 aromatic rings. The molecule has 0 aliphatic rings. The molecule has 0 bridgehead atoms. The van der Waals surface area contributed by atoms with E-state index in [4.69, 9.17) is 19.4 Å². The summed E-state index contributed by atoms with van der Waals surface area (Å²) in [6.07, 6.45) is 0. The van der Waals surface area contributed by atoms with E-state index in [2.05, 4.69) is 42.5 Å². The largest absolute Gasteiger partial charge is 0.135 e. The van der Waals surface area contributed by atoms with Crippen LogP contribution in [0.3, 0.4) is 0 Å². The first-order valence-electron chi connectivity index (χ1n) is 6.69. The molecule has 4 rings (SSSR count). The number of hydrogen-bond donors (Lipinski definition) is 0. The Hall–Kier alpha value is -1.77. The van der Waals surface area contributed by atoms with Gasteiger partial charge in [-0.05, 0) is 29.8 Å². The molecule has 0 aliphatic heterocycles. The maximum atomic E-state index is 6.33. The lowest BCUT2D eigenvalue weighted by Crippen LogP contribution is -2.00. The van der Waals surface area contributed by atoms with Gasteiger partial charge in [0.1, 0.15) is 7.85 Å². The van der Waals surface area contributed by atoms with Crippen LogP contribution in [0.5, 0.6) is 0 Å². The molecular weight excluding hydrogens is 295 g/mol. The fourth-order valence-corrected chi connectivity index (χ4v) is 4.04. The number of halogens is 1. The fourth-order valence-electron chi connectivity index (χ4n) is 2.66. The van der Waals surface area contributed by atoms with Crippen molar-refractivity contribution >= 4 is 56.4 Å². The number of hydrogen-bond acceptors (Lipinski definition) is 1. The molecule has 98 valence electrons. The fraction of sp³-hybridized carbons (Fsp3) is 0. The van der Waals surface area contributed by atoms with Gasteiger partial charge in [-0.2, -0.15) is 0 Å². The van der Waals surface area contributed by atoms with E-state index < -0.39 is 0 Å². The van der Waals surface area contributed by atoms with Crippen molar-refractivity contribution < 1.29 is 0 Å². The summed E-state index contributed by atoms with van der Waals surface area (Å²) in [6, 6.07) is 20.7. The number of fused-ring (bicyclic) bond motifs is 3. The molecular formula is C18H10BClS. The number of rotatable bonds is 1. The minimum absolute atomic E-state index is 0.686. The summed E-state index contributed by atoms with van der Waals surface area (Å²) < 4.78 is 2.61. The number of thiophene rings is 1. The van der Waals surface area contributed by atoms with Crippen LogP contribution in [0, 0.1) is 0 Å². The minimum atomic E-state index is 0.686. The summed E-state index contributed by atoms with van der Waals surface area (Å²) in [5.74, 6) is 0. The molecule has 0 nitrogen and oxygen atoms in total. The van der Waals surface area contributed by atoms with Gasteiger partial charge >= 0.3 is 0 Å². The van der Waals surface area contributed by atoms with Crippen LogP contribution in [0.1, 0.15) is 0 Å². The molecule has 0 saturated heterocycles. The van der Waals surface area contributed by atoms with Gasteiger partial charge < -0.3 is 0 Å². The minimum Gasteiger partial charge on any atom is -0.135 e. The van der Waals surface area contributed by atoms with E-state index in [0.717, 1.165) is 11.1 Å². The van der Waals surface area contributed by atoms with Gasteiger partial charge in [-0.1, -0.05) is 53.5 Å². The molecule has 1 aromatic heterocycles. The Balaban J connectivity index is 1.99. The lowest BCUT2D eigenvalue weighted by molar-refractivity contribution is 1.68. The SMILES string of the molecule is [B]c1ccc(-c2ccc3sc4ccccc4c3c2)c(Cl)c1. The Bertz CT molecular complexity index is 971. The van der Waals surface area contributed by atoms with Crippen molar-refractivity contribution in [2.75, 3.05) is 0 Å². The third-order valence-corrected chi connectivity index (χ3v) is 5.15. The topological polar surface area (TPSA) is 0 Å². The van der Waals surface area contributed by atoms with E-state index in [1.807, 2.05) is 23.5 Å². The molecule has 0 spiro atoms. The summed E-state index contributed by atoms with van der Waals surface area (Å²) in [5.41, 5.74) is 2.82. The highest BCUT2D eigenvalue weighted by Crippen LogP contribution is 2.37. The van der Waals surface area contributed by atoms with Crippen molar-refractivity contribution in [2.45, 2.75) is 0 Å². The lowest BCUT2D eigenvalue weighted by atomic mass is 9.93. The van der Waals surface area contributed by atoms with Crippen molar-refractivity contribution in [3.05, 3.63) is 65.7 Å². The van der Waals surface area contributed by atoms with Gasteiger partial charge in [-0.15, -0.1) is 11.3 Å². The van der Waals surface area contributed by atoms with Crippen molar-refractivity contribution in [3.8, 4) is 11.1 Å². The predicted molar refractivity (Wildman–Crippen MR) is 95.2 cm³/mol. The van der Waals surface area contributed by atoms with Crippen LogP contribution in [0.4, 0.5) is 0 Å². The molecule has 0 amide bonds. The molecule has 21 heavy (non-hydrogen) atoms. The van der Waals surface area contributed by atoms with E-state index in [-0.39, 0.29) is 0 Å². The van der Waals surface area contributed by atoms with E-state index in [0.29, 0.717) is 10.5 Å². The first-order chi connectivity index (χ1) is 10.2. The van der Waals surface area contributed by atoms with E-state index >= 15 is 0 Å². The zero-order chi connectivity index (χ0) is 14.4. The average molecular weight is 305 g/mol. The highest BCUT2D eigenvalue weighted by molar-refractivity contribution is 7.25. The molecule has 0 N–H and O–H groups in total. The molecule has 0 aliphatic carbocycles. The quantitative estimate of drug-likeness (QED) is 0.426. The standard InChI is InChI=1S/C18H10BClS/c19-12-6-7-13(16(20)10-12)11-5-8-18-15(9-11)14-3-1-2-4-17(14)21-18/h1-10H. The summed E-state index contributed by atoms with van der Waals surface area (Å²) in [4.78, 5) is 0. The zero-order valence-electron chi connectivity index (χ0n) is 11.1. The highest BCUT2D eigenvalue weighted by atomic mass is 35.5. The highest BCUT2D eigenvalue weighted by Gasteiger charge is 2.08. The van der Waals surface area contributed by atoms with Crippen LogP contribution in [0.2, 0.25) is 5.02 Å². The van der Waals surface area contributed by atoms with Gasteiger partial charge in [0, 0.05) is 30.8 Å². The third-order valence-electron chi connectivity index (χ3n) is 3.68. The van der Waals surface area contributed by atoms with Crippen LogP contribution >= 0.6 is 22.9 Å². The smallest absolute Gasteiger partial charge is 0.113 e. The number of benzene rings is 3. The van der Waals surface area contributed by atoms with Crippen molar-refractivity contribution in [3.63, 3.8) is 0 Å². The summed E-state index contributed by atoms with van der Waals surface area (Å²) in [7, 11) is 5.77. The van der Waals surface area contributed by atoms with Crippen molar-refractivity contribution in [1.29, 1.82) is 0 Å². The van der Waals surface area contributed by atoms with Crippen LogP contribution in [-0.4, -0.2) is 7.85 Å². The lowest BCUT2D eigenvalue weighted by Gasteiger charge is -2.06. The maximum absolute atomic E-state index is 6.33. The molecule has 3 aromatic carbocycles. The third kappa shape index (κ3) is 2.15. The Morgan fingerprint density at radius 2 is 1.62 bits per heavy atom. The van der Waals surface area contributed by atoms with Crippen LogP contribution in [0.15, 0.2) is 60.7 Å². The normalized spacial score (nSPS) is 11.3. The molecule has 3 heteroatoms. The summed E-state index contributed by atoms with van der Waals surface area (Å²) in [5, 5.41) is 3.26. The second kappa shape index (κ2) is 4.90. The van der Waals surface area contributed by atoms with Gasteiger partial charge in [-0.25, -0.2) is 0 Å². The Labute approximate surface area is 133 Å². The second-order valence-corrected chi connectivity index (χ2v) is 6.54. The molecule has 0 fully saturated rings. The monoisotopic (exact) mass is 304 g/mol. The van der Waals surface area contributed by atoms with Gasteiger partial charge in [0.15, 0.2) is 0 Å². The van der Waals surface area contributed by atoms with Crippen LogP contribution in [0.25, 0.3) is 31.3 Å². The zero-order valence-corrected chi connectivity index (χ0v) is 12.7. The summed E-state index contributed by atoms with van der Waals surface area (Å²) in [6.45, 7) is 0. The van der Waals surface area contributed by atoms with Gasteiger partial charge in [0.2, 0.25) is 0 Å². The Kier molecular flexibility index (Phi) is 3.02. The predicted octanol–water partition coefficient (Wildman–Crippen LogP) is 5.17. The first kappa shape index (κ1) is 12.9. The van der Waals surface area contributed by atoms with Crippen molar-refractivity contribution in [1.82, 2.24) is 0 Å². The van der Waals surface area contributed by atoms with Gasteiger partial charge in [0.05, 0.1) is 0 Å². The molecule has 2 radical (unpaired) electrons. The molecule has 1 heterocycles. The second-order valence-electron chi connectivity index (χ2n) is 5.05. The van der Waals surface area contributed by atoms with E-state index in [1.165, 1.54) is 20.2 Å². The Morgan fingerprint density at radius 1 is 0.810 bits per heavy atom. The van der Waals surface area contributed by atoms with Gasteiger partial charge in [-0.3, -0.25) is 0 Å².